The number of aryl methyl sites for hydroxylation is 2. The molecular formula is C13H19N3O3. The Labute approximate surface area is 113 Å². The maximum Gasteiger partial charge on any atom is 0.328 e. The molecule has 0 aromatic carbocycles. The summed E-state index contributed by atoms with van der Waals surface area (Å²) < 4.78 is 11.9. The summed E-state index contributed by atoms with van der Waals surface area (Å²) in [7, 11) is 3.28. The van der Waals surface area contributed by atoms with Gasteiger partial charge in [-0.05, 0) is 13.8 Å². The van der Waals surface area contributed by atoms with Crippen molar-refractivity contribution in [3.63, 3.8) is 0 Å². The monoisotopic (exact) mass is 265 g/mol. The van der Waals surface area contributed by atoms with E-state index in [2.05, 4.69) is 16.3 Å². The van der Waals surface area contributed by atoms with Crippen LogP contribution in [-0.4, -0.2) is 36.0 Å². The number of hydrogen-bond acceptors (Lipinski definition) is 5. The van der Waals surface area contributed by atoms with Crippen molar-refractivity contribution in [1.82, 2.24) is 15.1 Å². The van der Waals surface area contributed by atoms with E-state index in [0.717, 1.165) is 0 Å². The van der Waals surface area contributed by atoms with Gasteiger partial charge in [0.05, 0.1) is 31.5 Å². The van der Waals surface area contributed by atoms with Crippen LogP contribution in [0.25, 0.3) is 0 Å². The molecule has 1 aromatic heterocycles. The summed E-state index contributed by atoms with van der Waals surface area (Å²) in [6, 6.07) is -0.681. The van der Waals surface area contributed by atoms with E-state index in [1.807, 2.05) is 6.92 Å². The molecule has 0 amide bonds. The fourth-order valence-corrected chi connectivity index (χ4v) is 1.92. The number of ether oxygens (including phenoxy) is 2. The lowest BCUT2D eigenvalue weighted by Gasteiger charge is -2.17. The smallest absolute Gasteiger partial charge is 0.328 e. The van der Waals surface area contributed by atoms with E-state index < -0.39 is 12.0 Å². The highest BCUT2D eigenvalue weighted by atomic mass is 16.5. The molecule has 1 rings (SSSR count). The number of rotatable bonds is 6. The van der Waals surface area contributed by atoms with Gasteiger partial charge in [-0.3, -0.25) is 5.32 Å². The minimum atomic E-state index is -0.681. The molecular weight excluding hydrogens is 246 g/mol. The van der Waals surface area contributed by atoms with Gasteiger partial charge < -0.3 is 9.47 Å². The zero-order valence-electron chi connectivity index (χ0n) is 11.7. The molecule has 0 radical (unpaired) electrons. The van der Waals surface area contributed by atoms with Crippen molar-refractivity contribution < 1.29 is 14.3 Å². The molecule has 0 aliphatic carbocycles. The maximum atomic E-state index is 12.0. The van der Waals surface area contributed by atoms with Gasteiger partial charge in [0.2, 0.25) is 5.88 Å². The molecule has 0 saturated heterocycles. The van der Waals surface area contributed by atoms with Crippen molar-refractivity contribution in [3.8, 4) is 18.2 Å². The van der Waals surface area contributed by atoms with Gasteiger partial charge in [-0.15, -0.1) is 6.42 Å². The molecule has 6 heteroatoms. The van der Waals surface area contributed by atoms with Crippen LogP contribution in [0.2, 0.25) is 0 Å². The van der Waals surface area contributed by atoms with Crippen LogP contribution in [0.1, 0.15) is 24.2 Å². The number of methoxy groups -OCH3 is 1. The van der Waals surface area contributed by atoms with Gasteiger partial charge in [-0.1, -0.05) is 5.92 Å². The minimum absolute atomic E-state index is 0.251. The van der Waals surface area contributed by atoms with Crippen LogP contribution < -0.4 is 10.1 Å². The summed E-state index contributed by atoms with van der Waals surface area (Å²) in [5, 5.41) is 7.20. The molecule has 0 bridgehead atoms. The molecule has 19 heavy (non-hydrogen) atoms. The third-order valence-corrected chi connectivity index (χ3v) is 2.63. The molecule has 1 heterocycles. The van der Waals surface area contributed by atoms with Crippen LogP contribution in [0, 0.1) is 19.3 Å². The van der Waals surface area contributed by atoms with Crippen LogP contribution in [0.15, 0.2) is 0 Å². The van der Waals surface area contributed by atoms with E-state index in [1.165, 1.54) is 7.11 Å². The van der Waals surface area contributed by atoms with Gasteiger partial charge in [-0.2, -0.15) is 5.10 Å². The summed E-state index contributed by atoms with van der Waals surface area (Å²) in [4.78, 5) is 12.0. The van der Waals surface area contributed by atoms with Gasteiger partial charge >= 0.3 is 5.97 Å². The average molecular weight is 265 g/mol. The van der Waals surface area contributed by atoms with Crippen LogP contribution in [0.5, 0.6) is 5.88 Å². The number of nitrogens with one attached hydrogen (secondary N) is 1. The number of carbonyl (C=O) groups excluding carboxylic acids is 1. The lowest BCUT2D eigenvalue weighted by molar-refractivity contribution is -0.145. The quantitative estimate of drug-likeness (QED) is 0.601. The summed E-state index contributed by atoms with van der Waals surface area (Å²) in [5.74, 6) is 2.56. The number of hydrogen-bond donors (Lipinski definition) is 1. The lowest BCUT2D eigenvalue weighted by atomic mass is 10.1. The lowest BCUT2D eigenvalue weighted by Crippen LogP contribution is -2.31. The SMILES string of the molecule is C#CCNC(C(=O)OCC)c1c(C)nn(C)c1OC. The molecule has 0 aliphatic rings. The summed E-state index contributed by atoms with van der Waals surface area (Å²) in [6.45, 7) is 4.11. The van der Waals surface area contributed by atoms with Crippen LogP contribution in [0.3, 0.4) is 0 Å². The summed E-state index contributed by atoms with van der Waals surface area (Å²) in [5.41, 5.74) is 1.35. The van der Waals surface area contributed by atoms with Gasteiger partial charge in [0.15, 0.2) is 0 Å². The Morgan fingerprint density at radius 1 is 1.63 bits per heavy atom. The third kappa shape index (κ3) is 3.26. The third-order valence-electron chi connectivity index (χ3n) is 2.63. The zero-order chi connectivity index (χ0) is 14.4. The predicted molar refractivity (Wildman–Crippen MR) is 70.7 cm³/mol. The van der Waals surface area contributed by atoms with E-state index in [0.29, 0.717) is 23.7 Å². The van der Waals surface area contributed by atoms with E-state index in [4.69, 9.17) is 15.9 Å². The molecule has 0 saturated carbocycles. The second-order valence-electron chi connectivity index (χ2n) is 3.90. The Morgan fingerprint density at radius 3 is 2.84 bits per heavy atom. The number of nitrogens with zero attached hydrogens (tertiary/aromatic N) is 2. The summed E-state index contributed by atoms with van der Waals surface area (Å²) in [6.07, 6.45) is 5.23. The number of terminal acetylenes is 1. The van der Waals surface area contributed by atoms with Gasteiger partial charge in [0.1, 0.15) is 6.04 Å². The van der Waals surface area contributed by atoms with E-state index in [1.54, 1.807) is 18.7 Å². The Morgan fingerprint density at radius 2 is 2.32 bits per heavy atom. The van der Waals surface area contributed by atoms with Crippen molar-refractivity contribution in [2.24, 2.45) is 7.05 Å². The first-order valence-electron chi connectivity index (χ1n) is 5.97. The van der Waals surface area contributed by atoms with E-state index in [-0.39, 0.29) is 6.54 Å². The fraction of sp³-hybridized carbons (Fsp3) is 0.538. The minimum Gasteiger partial charge on any atom is -0.481 e. The topological polar surface area (TPSA) is 65.4 Å². The molecule has 0 aliphatic heterocycles. The average Bonchev–Trinajstić information content (AvgIpc) is 2.65. The zero-order valence-corrected chi connectivity index (χ0v) is 11.7. The molecule has 104 valence electrons. The molecule has 0 spiro atoms. The largest absolute Gasteiger partial charge is 0.481 e. The van der Waals surface area contributed by atoms with Crippen molar-refractivity contribution in [2.75, 3.05) is 20.3 Å². The summed E-state index contributed by atoms with van der Waals surface area (Å²) >= 11 is 0. The first-order valence-corrected chi connectivity index (χ1v) is 5.97. The Bertz CT molecular complexity index is 488. The van der Waals surface area contributed by atoms with Gasteiger partial charge in [0, 0.05) is 7.05 Å². The maximum absolute atomic E-state index is 12.0. The Balaban J connectivity index is 3.17. The second-order valence-corrected chi connectivity index (χ2v) is 3.90. The van der Waals surface area contributed by atoms with E-state index >= 15 is 0 Å². The van der Waals surface area contributed by atoms with Crippen LogP contribution >= 0.6 is 0 Å². The molecule has 6 nitrogen and oxygen atoms in total. The normalized spacial score (nSPS) is 11.7. The number of aromatic nitrogens is 2. The number of carbonyl (C=O) groups is 1. The molecule has 1 N–H and O–H groups in total. The second kappa shape index (κ2) is 6.81. The highest BCUT2D eigenvalue weighted by Crippen LogP contribution is 2.28. The van der Waals surface area contributed by atoms with Crippen LogP contribution in [-0.2, 0) is 16.6 Å². The molecule has 1 unspecified atom stereocenters. The van der Waals surface area contributed by atoms with Crippen molar-refractivity contribution in [2.45, 2.75) is 19.9 Å². The Hall–Kier alpha value is -2.00. The van der Waals surface area contributed by atoms with Crippen LogP contribution in [0.4, 0.5) is 0 Å². The van der Waals surface area contributed by atoms with Crippen molar-refractivity contribution in [1.29, 1.82) is 0 Å². The highest BCUT2D eigenvalue weighted by Gasteiger charge is 2.29. The first-order chi connectivity index (χ1) is 9.06. The molecule has 1 aromatic rings. The van der Waals surface area contributed by atoms with Crippen molar-refractivity contribution in [3.05, 3.63) is 11.3 Å². The fourth-order valence-electron chi connectivity index (χ4n) is 1.92. The van der Waals surface area contributed by atoms with Crippen molar-refractivity contribution >= 4 is 5.97 Å². The standard InChI is InChI=1S/C13H19N3O3/c1-6-8-14-11(13(17)19-7-2)10-9(3)15-16(4)12(10)18-5/h1,11,14H,7-8H2,2-5H3. The predicted octanol–water partition coefficient (Wildman–Crippen LogP) is 0.564. The van der Waals surface area contributed by atoms with E-state index in [9.17, 15) is 4.79 Å². The molecule has 1 atom stereocenters. The number of esters is 1. The highest BCUT2D eigenvalue weighted by molar-refractivity contribution is 5.79. The Kier molecular flexibility index (Phi) is 5.39. The molecule has 0 fully saturated rings. The van der Waals surface area contributed by atoms with Gasteiger partial charge in [0.25, 0.3) is 0 Å². The van der Waals surface area contributed by atoms with Gasteiger partial charge in [-0.25, -0.2) is 9.48 Å². The first kappa shape index (κ1) is 15.1.